The van der Waals surface area contributed by atoms with Gasteiger partial charge < -0.3 is 10.1 Å². The van der Waals surface area contributed by atoms with Gasteiger partial charge in [-0.1, -0.05) is 30.3 Å². The van der Waals surface area contributed by atoms with E-state index < -0.39 is 12.1 Å². The first-order valence-corrected chi connectivity index (χ1v) is 7.23. The summed E-state index contributed by atoms with van der Waals surface area (Å²) in [6.45, 7) is 0.320. The molecule has 3 rings (SSSR count). The Morgan fingerprint density at radius 2 is 1.96 bits per heavy atom. The summed E-state index contributed by atoms with van der Waals surface area (Å²) in [5.74, 6) is -0.789. The highest BCUT2D eigenvalue weighted by Crippen LogP contribution is 2.20. The minimum Gasteiger partial charge on any atom is -0.448 e. The van der Waals surface area contributed by atoms with Crippen molar-refractivity contribution in [1.29, 1.82) is 5.26 Å². The highest BCUT2D eigenvalue weighted by Gasteiger charge is 2.30. The summed E-state index contributed by atoms with van der Waals surface area (Å²) < 4.78 is 5.21. The number of ether oxygens (including phenoxy) is 1. The fourth-order valence-electron chi connectivity index (χ4n) is 2.48. The minimum absolute atomic E-state index is 0.320. The molecule has 0 spiro atoms. The van der Waals surface area contributed by atoms with Crippen LogP contribution in [0.2, 0.25) is 0 Å². The average Bonchev–Trinajstić information content (AvgIpc) is 2.60. The maximum Gasteiger partial charge on any atom is 0.339 e. The first-order chi connectivity index (χ1) is 11.2. The monoisotopic (exact) mass is 306 g/mol. The third-order valence-corrected chi connectivity index (χ3v) is 3.73. The number of amides is 1. The largest absolute Gasteiger partial charge is 0.448 e. The summed E-state index contributed by atoms with van der Waals surface area (Å²) in [6.07, 6.45) is -0.433. The number of carbonyl (C=O) groups excluding carboxylic acids is 2. The molecule has 2 aromatic carbocycles. The summed E-state index contributed by atoms with van der Waals surface area (Å²) in [5.41, 5.74) is 2.78. The molecule has 0 bridgehead atoms. The zero-order valence-electron chi connectivity index (χ0n) is 12.3. The van der Waals surface area contributed by atoms with Gasteiger partial charge in [-0.3, -0.25) is 4.79 Å². The fraction of sp³-hybridized carbons (Fsp3) is 0.167. The molecule has 1 heterocycles. The molecule has 1 unspecified atom stereocenters. The van der Waals surface area contributed by atoms with Crippen LogP contribution in [0.25, 0.3) is 0 Å². The Morgan fingerprint density at radius 1 is 1.22 bits per heavy atom. The van der Waals surface area contributed by atoms with E-state index in [4.69, 9.17) is 10.00 Å². The van der Waals surface area contributed by atoms with Crippen molar-refractivity contribution in [2.75, 3.05) is 0 Å². The van der Waals surface area contributed by atoms with E-state index in [1.807, 2.05) is 18.2 Å². The highest BCUT2D eigenvalue weighted by atomic mass is 16.5. The topological polar surface area (TPSA) is 79.2 Å². The summed E-state index contributed by atoms with van der Waals surface area (Å²) in [7, 11) is 0. The van der Waals surface area contributed by atoms with Crippen LogP contribution in [0.3, 0.4) is 0 Å². The lowest BCUT2D eigenvalue weighted by Gasteiger charge is -2.23. The SMILES string of the molecule is N#Cc1ccc(CNC(=O)C2Cc3ccccc3C(=O)O2)cc1. The van der Waals surface area contributed by atoms with Gasteiger partial charge in [0.15, 0.2) is 6.10 Å². The Balaban J connectivity index is 1.63. The van der Waals surface area contributed by atoms with Gasteiger partial charge >= 0.3 is 5.97 Å². The van der Waals surface area contributed by atoms with Crippen molar-refractivity contribution >= 4 is 11.9 Å². The molecule has 0 fully saturated rings. The van der Waals surface area contributed by atoms with Gasteiger partial charge in [-0.25, -0.2) is 4.79 Å². The molecule has 5 nitrogen and oxygen atoms in total. The standard InChI is InChI=1S/C18H14N2O3/c19-10-12-5-7-13(8-6-12)11-20-17(21)16-9-14-3-1-2-4-15(14)18(22)23-16/h1-8,16H,9,11H2,(H,20,21). The van der Waals surface area contributed by atoms with Gasteiger partial charge in [0, 0.05) is 13.0 Å². The molecule has 0 saturated heterocycles. The molecule has 1 N–H and O–H groups in total. The fourth-order valence-corrected chi connectivity index (χ4v) is 2.48. The maximum atomic E-state index is 12.2. The Labute approximate surface area is 133 Å². The molecular formula is C18H14N2O3. The Bertz CT molecular complexity index is 791. The normalized spacial score (nSPS) is 16.0. The first-order valence-electron chi connectivity index (χ1n) is 7.23. The quantitative estimate of drug-likeness (QED) is 0.879. The predicted octanol–water partition coefficient (Wildman–Crippen LogP) is 1.96. The molecule has 5 heteroatoms. The number of hydrogen-bond acceptors (Lipinski definition) is 4. The molecule has 2 aromatic rings. The number of cyclic esters (lactones) is 1. The second-order valence-corrected chi connectivity index (χ2v) is 5.28. The second kappa shape index (κ2) is 6.32. The molecule has 1 atom stereocenters. The highest BCUT2D eigenvalue weighted by molar-refractivity contribution is 5.95. The van der Waals surface area contributed by atoms with E-state index in [0.717, 1.165) is 11.1 Å². The number of nitrogens with one attached hydrogen (secondary N) is 1. The smallest absolute Gasteiger partial charge is 0.339 e. The summed E-state index contributed by atoms with van der Waals surface area (Å²) in [6, 6.07) is 16.1. The van der Waals surface area contributed by atoms with Crippen LogP contribution in [0, 0.1) is 11.3 Å². The Hall–Kier alpha value is -3.13. The first kappa shape index (κ1) is 14.8. The van der Waals surface area contributed by atoms with Crippen LogP contribution in [0.15, 0.2) is 48.5 Å². The molecule has 1 aliphatic rings. The number of nitrogens with zero attached hydrogens (tertiary/aromatic N) is 1. The van der Waals surface area contributed by atoms with Crippen molar-refractivity contribution in [2.45, 2.75) is 19.1 Å². The minimum atomic E-state index is -0.809. The van der Waals surface area contributed by atoms with E-state index in [0.29, 0.717) is 24.1 Å². The maximum absolute atomic E-state index is 12.2. The van der Waals surface area contributed by atoms with E-state index in [9.17, 15) is 9.59 Å². The third-order valence-electron chi connectivity index (χ3n) is 3.73. The van der Waals surface area contributed by atoms with Crippen LogP contribution in [0.4, 0.5) is 0 Å². The van der Waals surface area contributed by atoms with Gasteiger partial charge in [0.1, 0.15) is 0 Å². The molecule has 0 saturated carbocycles. The number of rotatable bonds is 3. The number of benzene rings is 2. The van der Waals surface area contributed by atoms with Crippen LogP contribution in [-0.2, 0) is 22.5 Å². The number of esters is 1. The lowest BCUT2D eigenvalue weighted by molar-refractivity contribution is -0.130. The van der Waals surface area contributed by atoms with E-state index >= 15 is 0 Å². The van der Waals surface area contributed by atoms with Crippen LogP contribution in [0.1, 0.15) is 27.0 Å². The summed E-state index contributed by atoms with van der Waals surface area (Å²) in [5, 5.41) is 11.5. The second-order valence-electron chi connectivity index (χ2n) is 5.28. The lowest BCUT2D eigenvalue weighted by atomic mass is 9.98. The lowest BCUT2D eigenvalue weighted by Crippen LogP contribution is -2.41. The van der Waals surface area contributed by atoms with Gasteiger partial charge in [-0.05, 0) is 29.3 Å². The zero-order valence-corrected chi connectivity index (χ0v) is 12.3. The van der Waals surface area contributed by atoms with Crippen molar-refractivity contribution in [3.8, 4) is 6.07 Å². The number of hydrogen-bond donors (Lipinski definition) is 1. The predicted molar refractivity (Wildman–Crippen MR) is 82.4 cm³/mol. The third kappa shape index (κ3) is 3.22. The van der Waals surface area contributed by atoms with E-state index in [-0.39, 0.29) is 5.91 Å². The van der Waals surface area contributed by atoms with E-state index in [2.05, 4.69) is 5.32 Å². The molecule has 1 aliphatic heterocycles. The van der Waals surface area contributed by atoms with Crippen LogP contribution < -0.4 is 5.32 Å². The van der Waals surface area contributed by atoms with Crippen molar-refractivity contribution in [3.63, 3.8) is 0 Å². The van der Waals surface area contributed by atoms with Crippen LogP contribution >= 0.6 is 0 Å². The van der Waals surface area contributed by atoms with Gasteiger partial charge in [0.2, 0.25) is 0 Å². The Kier molecular flexibility index (Phi) is 4.07. The van der Waals surface area contributed by atoms with Crippen molar-refractivity contribution in [1.82, 2.24) is 5.32 Å². The number of fused-ring (bicyclic) bond motifs is 1. The summed E-state index contributed by atoms with van der Waals surface area (Å²) >= 11 is 0. The van der Waals surface area contributed by atoms with Gasteiger partial charge in [0.05, 0.1) is 17.2 Å². The van der Waals surface area contributed by atoms with Crippen molar-refractivity contribution in [3.05, 3.63) is 70.8 Å². The number of nitriles is 1. The molecule has 0 aromatic heterocycles. The molecular weight excluding hydrogens is 292 g/mol. The number of carbonyl (C=O) groups is 2. The molecule has 0 aliphatic carbocycles. The van der Waals surface area contributed by atoms with Gasteiger partial charge in [-0.15, -0.1) is 0 Å². The molecule has 114 valence electrons. The van der Waals surface area contributed by atoms with Crippen molar-refractivity contribution < 1.29 is 14.3 Å². The van der Waals surface area contributed by atoms with E-state index in [1.54, 1.807) is 36.4 Å². The van der Waals surface area contributed by atoms with Crippen molar-refractivity contribution in [2.24, 2.45) is 0 Å². The molecule has 23 heavy (non-hydrogen) atoms. The van der Waals surface area contributed by atoms with E-state index in [1.165, 1.54) is 0 Å². The van der Waals surface area contributed by atoms with Gasteiger partial charge in [-0.2, -0.15) is 5.26 Å². The van der Waals surface area contributed by atoms with Gasteiger partial charge in [0.25, 0.3) is 5.91 Å². The van der Waals surface area contributed by atoms with Crippen LogP contribution in [0.5, 0.6) is 0 Å². The Morgan fingerprint density at radius 3 is 2.70 bits per heavy atom. The zero-order chi connectivity index (χ0) is 16.2. The summed E-state index contributed by atoms with van der Waals surface area (Å²) in [4.78, 5) is 24.1. The average molecular weight is 306 g/mol. The molecule has 0 radical (unpaired) electrons. The van der Waals surface area contributed by atoms with Crippen LogP contribution in [-0.4, -0.2) is 18.0 Å². The molecule has 1 amide bonds.